The summed E-state index contributed by atoms with van der Waals surface area (Å²) < 4.78 is 0. The highest BCUT2D eigenvalue weighted by Crippen LogP contribution is 2.38. The minimum atomic E-state index is -1.47. The average molecular weight is 234 g/mol. The molecule has 0 aromatic heterocycles. The summed E-state index contributed by atoms with van der Waals surface area (Å²) in [6.07, 6.45) is 0.149. The monoisotopic (exact) mass is 234 g/mol. The molecular formula is C14H10N4. The molecule has 1 rings (SSSR count). The molecule has 18 heavy (non-hydrogen) atoms. The van der Waals surface area contributed by atoms with Gasteiger partial charge in [0.25, 0.3) is 0 Å². The van der Waals surface area contributed by atoms with Crippen LogP contribution in [0.2, 0.25) is 0 Å². The zero-order valence-corrected chi connectivity index (χ0v) is 9.67. The van der Waals surface area contributed by atoms with Crippen molar-refractivity contribution in [2.75, 3.05) is 0 Å². The molecule has 0 bridgehead atoms. The lowest BCUT2D eigenvalue weighted by Crippen LogP contribution is -2.25. The largest absolute Gasteiger partial charge is 0.198 e. The summed E-state index contributed by atoms with van der Waals surface area (Å²) in [4.78, 5) is 0. The van der Waals surface area contributed by atoms with Crippen LogP contribution in [-0.4, -0.2) is 0 Å². The molecule has 0 aliphatic rings. The van der Waals surface area contributed by atoms with Crippen LogP contribution in [0.5, 0.6) is 0 Å². The van der Waals surface area contributed by atoms with Crippen LogP contribution in [0.4, 0.5) is 0 Å². The van der Waals surface area contributed by atoms with Gasteiger partial charge in [-0.05, 0) is 12.0 Å². The van der Waals surface area contributed by atoms with Crippen molar-refractivity contribution in [3.63, 3.8) is 0 Å². The van der Waals surface area contributed by atoms with Gasteiger partial charge in [0.15, 0.2) is 5.41 Å². The fraction of sp³-hybridized carbons (Fsp3) is 0.286. The highest BCUT2D eigenvalue weighted by Gasteiger charge is 2.40. The molecule has 1 aromatic carbocycles. The van der Waals surface area contributed by atoms with Crippen LogP contribution >= 0.6 is 0 Å². The molecule has 0 saturated carbocycles. The topological polar surface area (TPSA) is 95.2 Å². The first-order valence-corrected chi connectivity index (χ1v) is 5.38. The zero-order valence-electron chi connectivity index (χ0n) is 9.67. The number of nitriles is 4. The molecule has 1 aromatic rings. The summed E-state index contributed by atoms with van der Waals surface area (Å²) >= 11 is 0. The van der Waals surface area contributed by atoms with E-state index in [0.29, 0.717) is 5.56 Å². The van der Waals surface area contributed by atoms with Crippen LogP contribution in [0, 0.1) is 50.7 Å². The van der Waals surface area contributed by atoms with Gasteiger partial charge >= 0.3 is 0 Å². The molecule has 0 N–H and O–H groups in total. The molecule has 0 fully saturated rings. The quantitative estimate of drug-likeness (QED) is 0.799. The molecule has 1 unspecified atom stereocenters. The van der Waals surface area contributed by atoms with Gasteiger partial charge < -0.3 is 0 Å². The third kappa shape index (κ3) is 2.46. The summed E-state index contributed by atoms with van der Waals surface area (Å²) in [6.45, 7) is 0. The Kier molecular flexibility index (Phi) is 4.45. The molecule has 0 heterocycles. The van der Waals surface area contributed by atoms with Crippen molar-refractivity contribution in [2.45, 2.75) is 18.8 Å². The molecule has 4 nitrogen and oxygen atoms in total. The molecule has 86 valence electrons. The highest BCUT2D eigenvalue weighted by atomic mass is 14.5. The Morgan fingerprint density at radius 3 is 2.06 bits per heavy atom. The summed E-state index contributed by atoms with van der Waals surface area (Å²) in [5, 5.41) is 36.3. The number of benzene rings is 1. The first kappa shape index (κ1) is 13.2. The van der Waals surface area contributed by atoms with Crippen molar-refractivity contribution in [1.29, 1.82) is 21.0 Å². The lowest BCUT2D eigenvalue weighted by atomic mass is 9.72. The summed E-state index contributed by atoms with van der Waals surface area (Å²) in [5.74, 6) is -0.845. The van der Waals surface area contributed by atoms with Gasteiger partial charge in [0, 0.05) is 6.42 Å². The zero-order chi connectivity index (χ0) is 13.4. The first-order valence-electron chi connectivity index (χ1n) is 5.38. The predicted molar refractivity (Wildman–Crippen MR) is 63.3 cm³/mol. The van der Waals surface area contributed by atoms with Crippen molar-refractivity contribution < 1.29 is 0 Å². The van der Waals surface area contributed by atoms with E-state index >= 15 is 0 Å². The van der Waals surface area contributed by atoms with E-state index in [4.69, 9.17) is 5.26 Å². The lowest BCUT2D eigenvalue weighted by Gasteiger charge is -2.23. The Morgan fingerprint density at radius 2 is 1.61 bits per heavy atom. The third-order valence-corrected chi connectivity index (χ3v) is 2.78. The van der Waals surface area contributed by atoms with Crippen molar-refractivity contribution in [1.82, 2.24) is 0 Å². The van der Waals surface area contributed by atoms with Crippen molar-refractivity contribution >= 4 is 0 Å². The minimum Gasteiger partial charge on any atom is -0.198 e. The van der Waals surface area contributed by atoms with E-state index in [-0.39, 0.29) is 12.8 Å². The number of nitrogens with zero attached hydrogens (tertiary/aromatic N) is 4. The lowest BCUT2D eigenvalue weighted by molar-refractivity contribution is 0.441. The maximum absolute atomic E-state index is 9.24. The van der Waals surface area contributed by atoms with E-state index in [0.717, 1.165) is 0 Å². The summed E-state index contributed by atoms with van der Waals surface area (Å²) in [6, 6.07) is 16.5. The third-order valence-electron chi connectivity index (χ3n) is 2.78. The maximum atomic E-state index is 9.24. The van der Waals surface area contributed by atoms with Crippen LogP contribution in [0.1, 0.15) is 24.3 Å². The van der Waals surface area contributed by atoms with E-state index in [1.54, 1.807) is 30.3 Å². The molecule has 1 atom stereocenters. The van der Waals surface area contributed by atoms with Gasteiger partial charge in [-0.2, -0.15) is 21.0 Å². The van der Waals surface area contributed by atoms with Gasteiger partial charge in [-0.1, -0.05) is 30.3 Å². The van der Waals surface area contributed by atoms with Crippen LogP contribution < -0.4 is 0 Å². The Morgan fingerprint density at radius 1 is 1.00 bits per heavy atom. The van der Waals surface area contributed by atoms with E-state index in [2.05, 4.69) is 0 Å². The van der Waals surface area contributed by atoms with Crippen LogP contribution in [0.3, 0.4) is 0 Å². The average Bonchev–Trinajstić information content (AvgIpc) is 2.44. The second-order valence-electron chi connectivity index (χ2n) is 3.83. The van der Waals surface area contributed by atoms with Gasteiger partial charge in [0.2, 0.25) is 0 Å². The number of hydrogen-bond donors (Lipinski definition) is 0. The van der Waals surface area contributed by atoms with E-state index in [9.17, 15) is 15.8 Å². The van der Waals surface area contributed by atoms with Crippen LogP contribution in [-0.2, 0) is 0 Å². The maximum Gasteiger partial charge on any atom is 0.164 e. The van der Waals surface area contributed by atoms with Gasteiger partial charge in [-0.25, -0.2) is 0 Å². The molecule has 4 heteroatoms. The molecule has 0 amide bonds. The summed E-state index contributed by atoms with van der Waals surface area (Å²) in [7, 11) is 0. The first-order chi connectivity index (χ1) is 8.74. The molecule has 0 spiro atoms. The Labute approximate surface area is 106 Å². The van der Waals surface area contributed by atoms with Crippen molar-refractivity contribution in [3.05, 3.63) is 35.9 Å². The Balaban J connectivity index is 3.21. The van der Waals surface area contributed by atoms with E-state index in [1.165, 1.54) is 0 Å². The standard InChI is InChI=1S/C14H10N4/c15-8-4-7-14(10-17,11-18)13(9-16)12-5-2-1-3-6-12/h1-3,5-6,13H,4,7H2. The Bertz CT molecular complexity index is 549. The molecule has 0 aliphatic carbocycles. The van der Waals surface area contributed by atoms with Crippen LogP contribution in [0.15, 0.2) is 30.3 Å². The number of rotatable bonds is 4. The van der Waals surface area contributed by atoms with Gasteiger partial charge in [0.1, 0.15) is 5.92 Å². The molecule has 0 radical (unpaired) electrons. The normalized spacial score (nSPS) is 11.3. The Hall–Kier alpha value is -2.82. The fourth-order valence-electron chi connectivity index (χ4n) is 1.78. The van der Waals surface area contributed by atoms with Gasteiger partial charge in [-0.15, -0.1) is 0 Å². The second-order valence-corrected chi connectivity index (χ2v) is 3.83. The van der Waals surface area contributed by atoms with E-state index in [1.807, 2.05) is 24.3 Å². The minimum absolute atomic E-state index is 0.0730. The van der Waals surface area contributed by atoms with Gasteiger partial charge in [-0.3, -0.25) is 0 Å². The summed E-state index contributed by atoms with van der Waals surface area (Å²) in [5.41, 5.74) is -0.840. The van der Waals surface area contributed by atoms with Crippen LogP contribution in [0.25, 0.3) is 0 Å². The smallest absolute Gasteiger partial charge is 0.164 e. The molecular weight excluding hydrogens is 224 g/mol. The van der Waals surface area contributed by atoms with E-state index < -0.39 is 11.3 Å². The number of hydrogen-bond acceptors (Lipinski definition) is 4. The highest BCUT2D eigenvalue weighted by molar-refractivity contribution is 5.36. The fourth-order valence-corrected chi connectivity index (χ4v) is 1.78. The molecule has 0 saturated heterocycles. The predicted octanol–water partition coefficient (Wildman–Crippen LogP) is 2.63. The second kappa shape index (κ2) is 6.05. The van der Waals surface area contributed by atoms with Gasteiger partial charge in [0.05, 0.1) is 24.3 Å². The SMILES string of the molecule is N#CCCC(C#N)(C#N)C(C#N)c1ccccc1. The van der Waals surface area contributed by atoms with Crippen molar-refractivity contribution in [2.24, 2.45) is 5.41 Å². The van der Waals surface area contributed by atoms with Crippen molar-refractivity contribution in [3.8, 4) is 24.3 Å². The molecule has 0 aliphatic heterocycles.